The summed E-state index contributed by atoms with van der Waals surface area (Å²) in [7, 11) is 1.25. The number of ether oxygens (including phenoxy) is 1. The number of anilines is 1. The highest BCUT2D eigenvalue weighted by molar-refractivity contribution is 7.12. The molecule has 0 saturated heterocycles. The number of amidine groups is 1. The number of halogens is 1. The zero-order chi connectivity index (χ0) is 24.4. The van der Waals surface area contributed by atoms with E-state index in [1.165, 1.54) is 35.9 Å². The van der Waals surface area contributed by atoms with Gasteiger partial charge in [0, 0.05) is 11.3 Å². The summed E-state index contributed by atoms with van der Waals surface area (Å²) in [5, 5.41) is 4.72. The van der Waals surface area contributed by atoms with E-state index in [1.54, 1.807) is 24.4 Å². The minimum absolute atomic E-state index is 0.0192. The molecule has 1 amide bonds. The molecule has 0 fully saturated rings. The number of methoxy groups -OCH3 is 1. The summed E-state index contributed by atoms with van der Waals surface area (Å²) >= 11 is 1.13. The highest BCUT2D eigenvalue weighted by atomic mass is 32.1. The van der Waals surface area contributed by atoms with Crippen LogP contribution in [0.3, 0.4) is 0 Å². The lowest BCUT2D eigenvalue weighted by Crippen LogP contribution is -2.47. The summed E-state index contributed by atoms with van der Waals surface area (Å²) in [5.74, 6) is -1.20. The molecule has 0 atom stereocenters. The summed E-state index contributed by atoms with van der Waals surface area (Å²) in [6, 6.07) is 8.80. The molecule has 0 saturated carbocycles. The van der Waals surface area contributed by atoms with Crippen LogP contribution in [0, 0.1) is 12.7 Å². The first-order chi connectivity index (χ1) is 16.3. The van der Waals surface area contributed by atoms with Gasteiger partial charge in [0.05, 0.1) is 12.8 Å². The van der Waals surface area contributed by atoms with Crippen LogP contribution in [0.4, 0.5) is 10.1 Å². The summed E-state index contributed by atoms with van der Waals surface area (Å²) in [5.41, 5.74) is 3.45. The van der Waals surface area contributed by atoms with E-state index in [4.69, 9.17) is 9.57 Å². The Morgan fingerprint density at radius 1 is 1.29 bits per heavy atom. The third kappa shape index (κ3) is 4.46. The molecule has 3 heterocycles. The fourth-order valence-electron chi connectivity index (χ4n) is 3.33. The first kappa shape index (κ1) is 22.9. The molecule has 1 aliphatic heterocycles. The third-order valence-electron chi connectivity index (χ3n) is 4.99. The van der Waals surface area contributed by atoms with E-state index in [1.807, 2.05) is 0 Å². The molecule has 0 spiro atoms. The normalized spacial score (nSPS) is 14.1. The maximum Gasteiger partial charge on any atom is 0.350 e. The van der Waals surface area contributed by atoms with Crippen LogP contribution < -0.4 is 26.8 Å². The molecule has 0 unspecified atom stereocenters. The number of aryl methyl sites for hydroxylation is 1. The van der Waals surface area contributed by atoms with E-state index in [9.17, 15) is 18.8 Å². The van der Waals surface area contributed by atoms with Gasteiger partial charge in [0.15, 0.2) is 5.84 Å². The van der Waals surface area contributed by atoms with Gasteiger partial charge in [-0.05, 0) is 53.9 Å². The Labute approximate surface area is 196 Å². The summed E-state index contributed by atoms with van der Waals surface area (Å²) < 4.78 is 19.2. The fourth-order valence-corrected chi connectivity index (χ4v) is 4.10. The standard InChI is InChI=1S/C23H19FN4O5S/c1-12-10-13(2)28(11-17(29)25-16-8-9-34-19(16)23(31)32-3)22(30)18(12)21-26-20(27-33-21)14-4-6-15(24)7-5-14/h4-10H,1,11H2,2-3H3,(H,25,29)(H,26,27). The van der Waals surface area contributed by atoms with Crippen molar-refractivity contribution in [3.8, 4) is 0 Å². The van der Waals surface area contributed by atoms with Crippen molar-refractivity contribution in [2.24, 2.45) is 4.99 Å². The number of esters is 1. The first-order valence-electron chi connectivity index (χ1n) is 9.95. The molecular weight excluding hydrogens is 463 g/mol. The second-order valence-electron chi connectivity index (χ2n) is 7.26. The van der Waals surface area contributed by atoms with Crippen molar-refractivity contribution >= 4 is 47.2 Å². The number of thiophene rings is 1. The number of aliphatic imine (C=N–C) groups is 1. The Morgan fingerprint density at radius 3 is 2.74 bits per heavy atom. The van der Waals surface area contributed by atoms with Crippen LogP contribution in [-0.2, 0) is 20.9 Å². The number of carbonyl (C=O) groups is 2. The lowest BCUT2D eigenvalue weighted by Gasteiger charge is -2.11. The minimum atomic E-state index is -0.570. The summed E-state index contributed by atoms with van der Waals surface area (Å²) in [4.78, 5) is 47.7. The van der Waals surface area contributed by atoms with Gasteiger partial charge in [0.2, 0.25) is 5.91 Å². The maximum absolute atomic E-state index is 13.3. The highest BCUT2D eigenvalue weighted by Crippen LogP contribution is 2.23. The zero-order valence-corrected chi connectivity index (χ0v) is 19.0. The van der Waals surface area contributed by atoms with Crippen LogP contribution in [0.15, 0.2) is 51.6 Å². The Morgan fingerprint density at radius 2 is 2.03 bits per heavy atom. The predicted molar refractivity (Wildman–Crippen MR) is 125 cm³/mol. The maximum atomic E-state index is 13.3. The molecule has 0 aliphatic carbocycles. The molecular formula is C23H19FN4O5S. The number of pyridine rings is 1. The molecule has 2 N–H and O–H groups in total. The van der Waals surface area contributed by atoms with Gasteiger partial charge in [-0.3, -0.25) is 9.59 Å². The molecule has 34 heavy (non-hydrogen) atoms. The number of nitrogens with one attached hydrogen (secondary N) is 2. The molecule has 3 aromatic rings. The average Bonchev–Trinajstić information content (AvgIpc) is 3.46. The predicted octanol–water partition coefficient (Wildman–Crippen LogP) is 1.24. The number of hydroxylamine groups is 1. The average molecular weight is 482 g/mol. The highest BCUT2D eigenvalue weighted by Gasteiger charge is 2.20. The number of carbonyl (C=O) groups excluding carboxylic acids is 2. The number of nitrogens with zero attached hydrogens (tertiary/aromatic N) is 2. The van der Waals surface area contributed by atoms with E-state index in [2.05, 4.69) is 22.4 Å². The van der Waals surface area contributed by atoms with Crippen molar-refractivity contribution in [2.45, 2.75) is 13.5 Å². The van der Waals surface area contributed by atoms with E-state index < -0.39 is 23.3 Å². The summed E-state index contributed by atoms with van der Waals surface area (Å²) in [6.07, 6.45) is 0. The van der Waals surface area contributed by atoms with Gasteiger partial charge in [0.25, 0.3) is 11.4 Å². The van der Waals surface area contributed by atoms with Gasteiger partial charge in [-0.1, -0.05) is 6.58 Å². The quantitative estimate of drug-likeness (QED) is 0.530. The molecule has 1 aliphatic rings. The van der Waals surface area contributed by atoms with Crippen LogP contribution in [0.25, 0.3) is 12.5 Å². The van der Waals surface area contributed by atoms with Crippen LogP contribution in [0.5, 0.6) is 0 Å². The lowest BCUT2D eigenvalue weighted by molar-refractivity contribution is -0.116. The largest absolute Gasteiger partial charge is 0.465 e. The van der Waals surface area contributed by atoms with Crippen LogP contribution >= 0.6 is 11.3 Å². The van der Waals surface area contributed by atoms with Crippen LogP contribution in [0.1, 0.15) is 20.9 Å². The second-order valence-corrected chi connectivity index (χ2v) is 8.17. The fraction of sp³-hybridized carbons (Fsp3) is 0.130. The Balaban J connectivity index is 1.68. The van der Waals surface area contributed by atoms with Gasteiger partial charge in [-0.2, -0.15) is 4.99 Å². The van der Waals surface area contributed by atoms with Crippen molar-refractivity contribution < 1.29 is 23.6 Å². The van der Waals surface area contributed by atoms with E-state index >= 15 is 0 Å². The SMILES string of the molecule is C=c1cc(C)n(CC(=O)Nc2ccsc2C(=O)OC)c(=O)c1=C1N=C(c2ccc(F)cc2)NO1. The van der Waals surface area contributed by atoms with Crippen molar-refractivity contribution in [1.29, 1.82) is 0 Å². The smallest absolute Gasteiger partial charge is 0.350 e. The molecule has 9 nitrogen and oxygen atoms in total. The number of hydrogen-bond acceptors (Lipinski definition) is 8. The van der Waals surface area contributed by atoms with Crippen molar-refractivity contribution in [1.82, 2.24) is 10.0 Å². The first-order valence-corrected chi connectivity index (χ1v) is 10.8. The van der Waals surface area contributed by atoms with Gasteiger partial charge < -0.3 is 19.5 Å². The number of hydrogen-bond donors (Lipinski definition) is 2. The molecule has 174 valence electrons. The molecule has 1 aromatic carbocycles. The lowest BCUT2D eigenvalue weighted by atomic mass is 10.2. The Bertz CT molecular complexity index is 1490. The summed E-state index contributed by atoms with van der Waals surface area (Å²) in [6.45, 7) is 5.26. The third-order valence-corrected chi connectivity index (χ3v) is 5.88. The van der Waals surface area contributed by atoms with Gasteiger partial charge in [-0.25, -0.2) is 14.7 Å². The zero-order valence-electron chi connectivity index (χ0n) is 18.2. The molecule has 2 aromatic heterocycles. The van der Waals surface area contributed by atoms with Gasteiger partial charge in [0.1, 0.15) is 22.5 Å². The number of amides is 1. The van der Waals surface area contributed by atoms with E-state index in [0.29, 0.717) is 28.0 Å². The number of rotatable bonds is 5. The van der Waals surface area contributed by atoms with Crippen LogP contribution in [0.2, 0.25) is 0 Å². The van der Waals surface area contributed by atoms with Crippen molar-refractivity contribution in [2.75, 3.05) is 12.4 Å². The van der Waals surface area contributed by atoms with Gasteiger partial charge >= 0.3 is 5.97 Å². The minimum Gasteiger partial charge on any atom is -0.465 e. The number of aromatic nitrogens is 1. The van der Waals surface area contributed by atoms with Crippen molar-refractivity contribution in [3.63, 3.8) is 0 Å². The molecule has 0 radical (unpaired) electrons. The second kappa shape index (κ2) is 9.32. The molecule has 0 bridgehead atoms. The van der Waals surface area contributed by atoms with Crippen LogP contribution in [-0.4, -0.2) is 29.4 Å². The monoisotopic (exact) mass is 482 g/mol. The van der Waals surface area contributed by atoms with Crippen molar-refractivity contribution in [3.05, 3.63) is 84.5 Å². The Hall–Kier alpha value is -4.25. The molecule has 4 rings (SSSR count). The molecule has 11 heteroatoms. The number of benzene rings is 1. The topological polar surface area (TPSA) is 111 Å². The van der Waals surface area contributed by atoms with E-state index in [-0.39, 0.29) is 22.5 Å². The Kier molecular flexibility index (Phi) is 6.28. The van der Waals surface area contributed by atoms with Gasteiger partial charge in [-0.15, -0.1) is 11.3 Å². The van der Waals surface area contributed by atoms with E-state index in [0.717, 1.165) is 11.3 Å².